The number of ether oxygens (including phenoxy) is 1. The summed E-state index contributed by atoms with van der Waals surface area (Å²) >= 11 is 0. The molecule has 170 valence electrons. The molecule has 8 N–H and O–H groups in total. The highest BCUT2D eigenvalue weighted by Gasteiger charge is 2.25. The summed E-state index contributed by atoms with van der Waals surface area (Å²) < 4.78 is 4.99. The molecular formula is C19H28N6O6. The van der Waals surface area contributed by atoms with Crippen LogP contribution in [0.1, 0.15) is 19.8 Å². The van der Waals surface area contributed by atoms with Crippen molar-refractivity contribution in [2.24, 2.45) is 16.5 Å². The maximum absolute atomic E-state index is 12.3. The molecule has 1 unspecified atom stereocenters. The highest BCUT2D eigenvalue weighted by atomic mass is 16.6. The molecule has 12 nitrogen and oxygen atoms in total. The summed E-state index contributed by atoms with van der Waals surface area (Å²) in [6.45, 7) is 0.981. The molecule has 0 aliphatic heterocycles. The first-order chi connectivity index (χ1) is 14.8. The first-order valence-corrected chi connectivity index (χ1v) is 9.52. The normalized spacial score (nSPS) is 13.1. The summed E-state index contributed by atoms with van der Waals surface area (Å²) in [5.41, 5.74) is 10.4. The highest BCUT2D eigenvalue weighted by Crippen LogP contribution is 2.08. The van der Waals surface area contributed by atoms with Gasteiger partial charge in [0, 0.05) is 6.54 Å². The number of nitrogens with one attached hydrogen (secondary N) is 3. The van der Waals surface area contributed by atoms with E-state index in [2.05, 4.69) is 20.9 Å². The van der Waals surface area contributed by atoms with Gasteiger partial charge in [-0.05, 0) is 31.9 Å². The first kappa shape index (κ1) is 25.4. The number of aliphatic hydroxyl groups excluding tert-OH is 1. The lowest BCUT2D eigenvalue weighted by Gasteiger charge is -2.21. The minimum atomic E-state index is -1.34. The van der Waals surface area contributed by atoms with Crippen molar-refractivity contribution in [3.63, 3.8) is 0 Å². The zero-order valence-electron chi connectivity index (χ0n) is 17.1. The quantitative estimate of drug-likeness (QED) is 0.0971. The minimum absolute atomic E-state index is 0.0669. The molecule has 0 saturated carbocycles. The molecule has 0 radical (unpaired) electrons. The standard InChI is InChI=1S/C19H28N6O6/c1-12(16(28)24-13(10-26)6-5-9-22-18(20)21)23-17(29)15(11-27)25-19(30)31-14-7-3-2-4-8-14/h2-4,7-8,10,12-13,15,27H,5-6,9,11H2,1H3,(H,23,29)(H,24,28)(H,25,30)(H4,20,21,22)/t12-,13-,15?/m0/s1. The van der Waals surface area contributed by atoms with Gasteiger partial charge in [0.05, 0.1) is 12.6 Å². The lowest BCUT2D eigenvalue weighted by molar-refractivity contribution is -0.131. The Morgan fingerprint density at radius 1 is 1.13 bits per heavy atom. The van der Waals surface area contributed by atoms with E-state index in [1.165, 1.54) is 6.92 Å². The van der Waals surface area contributed by atoms with E-state index in [0.29, 0.717) is 25.7 Å². The summed E-state index contributed by atoms with van der Waals surface area (Å²) in [6, 6.07) is 4.98. The van der Waals surface area contributed by atoms with Gasteiger partial charge in [-0.1, -0.05) is 18.2 Å². The molecule has 0 bridgehead atoms. The van der Waals surface area contributed by atoms with Crippen LogP contribution in [0.25, 0.3) is 0 Å². The van der Waals surface area contributed by atoms with Crippen LogP contribution < -0.4 is 32.2 Å². The molecule has 0 fully saturated rings. The Labute approximate surface area is 179 Å². The van der Waals surface area contributed by atoms with E-state index in [1.54, 1.807) is 30.3 Å². The van der Waals surface area contributed by atoms with Crippen LogP contribution in [0.4, 0.5) is 4.79 Å². The summed E-state index contributed by atoms with van der Waals surface area (Å²) in [5.74, 6) is -1.23. The van der Waals surface area contributed by atoms with Crippen molar-refractivity contribution in [3.8, 4) is 5.75 Å². The summed E-state index contributed by atoms with van der Waals surface area (Å²) in [4.78, 5) is 51.3. The van der Waals surface area contributed by atoms with Crippen molar-refractivity contribution in [2.45, 2.75) is 37.9 Å². The molecule has 0 aliphatic rings. The molecule has 1 aromatic carbocycles. The molecule has 31 heavy (non-hydrogen) atoms. The van der Waals surface area contributed by atoms with Crippen LogP contribution in [0.3, 0.4) is 0 Å². The lowest BCUT2D eigenvalue weighted by Crippen LogP contribution is -2.55. The summed E-state index contributed by atoms with van der Waals surface area (Å²) in [5, 5.41) is 16.5. The first-order valence-electron chi connectivity index (χ1n) is 9.52. The molecule has 1 rings (SSSR count). The van der Waals surface area contributed by atoms with Crippen molar-refractivity contribution in [1.82, 2.24) is 16.0 Å². The van der Waals surface area contributed by atoms with Crippen LogP contribution in [-0.2, 0) is 14.4 Å². The molecule has 1 aromatic rings. The fourth-order valence-electron chi connectivity index (χ4n) is 2.34. The maximum Gasteiger partial charge on any atom is 0.413 e. The minimum Gasteiger partial charge on any atom is -0.410 e. The van der Waals surface area contributed by atoms with Crippen LogP contribution in [-0.4, -0.2) is 66.5 Å². The van der Waals surface area contributed by atoms with Crippen molar-refractivity contribution < 1.29 is 29.0 Å². The summed E-state index contributed by atoms with van der Waals surface area (Å²) in [7, 11) is 0. The van der Waals surface area contributed by atoms with E-state index >= 15 is 0 Å². The average molecular weight is 436 g/mol. The number of amides is 3. The van der Waals surface area contributed by atoms with Crippen molar-refractivity contribution >= 4 is 30.2 Å². The van der Waals surface area contributed by atoms with Gasteiger partial charge in [-0.2, -0.15) is 0 Å². The topological polar surface area (TPSA) is 198 Å². The van der Waals surface area contributed by atoms with Gasteiger partial charge in [-0.3, -0.25) is 14.6 Å². The Kier molecular flexibility index (Phi) is 11.1. The molecule has 0 aromatic heterocycles. The fourth-order valence-corrected chi connectivity index (χ4v) is 2.34. The largest absolute Gasteiger partial charge is 0.413 e. The third-order valence-electron chi connectivity index (χ3n) is 3.96. The average Bonchev–Trinajstić information content (AvgIpc) is 2.74. The van der Waals surface area contributed by atoms with E-state index in [1.807, 2.05) is 0 Å². The second-order valence-corrected chi connectivity index (χ2v) is 6.51. The van der Waals surface area contributed by atoms with Crippen LogP contribution in [0.2, 0.25) is 0 Å². The Balaban J connectivity index is 2.50. The zero-order chi connectivity index (χ0) is 23.2. The monoisotopic (exact) mass is 436 g/mol. The van der Waals surface area contributed by atoms with Crippen LogP contribution in [0.5, 0.6) is 5.75 Å². The van der Waals surface area contributed by atoms with Crippen molar-refractivity contribution in [1.29, 1.82) is 0 Å². The number of benzene rings is 1. The maximum atomic E-state index is 12.3. The third kappa shape index (κ3) is 10.1. The van der Waals surface area contributed by atoms with E-state index < -0.39 is 42.6 Å². The van der Waals surface area contributed by atoms with Gasteiger partial charge in [-0.25, -0.2) is 4.79 Å². The number of para-hydroxylation sites is 1. The number of rotatable bonds is 12. The number of carbonyl (C=O) groups excluding carboxylic acids is 4. The number of nitrogens with zero attached hydrogens (tertiary/aromatic N) is 1. The van der Waals surface area contributed by atoms with Gasteiger partial charge in [0.15, 0.2) is 5.96 Å². The predicted molar refractivity (Wildman–Crippen MR) is 112 cm³/mol. The predicted octanol–water partition coefficient (Wildman–Crippen LogP) is -1.62. The van der Waals surface area contributed by atoms with Crippen LogP contribution >= 0.6 is 0 Å². The van der Waals surface area contributed by atoms with E-state index in [9.17, 15) is 24.3 Å². The smallest absolute Gasteiger partial charge is 0.410 e. The SMILES string of the molecule is C[C@H](NC(=O)C(CO)NC(=O)Oc1ccccc1)C(=O)N[C@H](C=O)CCCN=C(N)N. The number of carbonyl (C=O) groups is 4. The van der Waals surface area contributed by atoms with Crippen LogP contribution in [0, 0.1) is 0 Å². The molecule has 3 atom stereocenters. The Morgan fingerprint density at radius 2 is 1.81 bits per heavy atom. The number of guanidine groups is 1. The lowest BCUT2D eigenvalue weighted by atomic mass is 10.1. The van der Waals surface area contributed by atoms with Crippen molar-refractivity contribution in [3.05, 3.63) is 30.3 Å². The highest BCUT2D eigenvalue weighted by molar-refractivity contribution is 5.92. The number of aliphatic hydroxyl groups is 1. The zero-order valence-corrected chi connectivity index (χ0v) is 17.1. The number of aliphatic imine (C=N–C) groups is 1. The number of hydrogen-bond donors (Lipinski definition) is 6. The molecule has 12 heteroatoms. The molecule has 0 saturated heterocycles. The molecule has 0 spiro atoms. The van der Waals surface area contributed by atoms with Crippen LogP contribution in [0.15, 0.2) is 35.3 Å². The van der Waals surface area contributed by atoms with E-state index in [-0.39, 0.29) is 11.7 Å². The Hall–Kier alpha value is -3.67. The van der Waals surface area contributed by atoms with Crippen molar-refractivity contribution in [2.75, 3.05) is 13.2 Å². The van der Waals surface area contributed by atoms with E-state index in [0.717, 1.165) is 0 Å². The van der Waals surface area contributed by atoms with Gasteiger partial charge in [0.2, 0.25) is 11.8 Å². The third-order valence-corrected chi connectivity index (χ3v) is 3.96. The molecule has 0 aliphatic carbocycles. The molecule has 3 amide bonds. The number of nitrogens with two attached hydrogens (primary N) is 2. The van der Waals surface area contributed by atoms with Gasteiger partial charge in [0.25, 0.3) is 0 Å². The fraction of sp³-hybridized carbons (Fsp3) is 0.421. The molecule has 0 heterocycles. The number of hydrogen-bond acceptors (Lipinski definition) is 7. The van der Waals surface area contributed by atoms with Gasteiger partial charge in [-0.15, -0.1) is 0 Å². The number of aldehydes is 1. The Morgan fingerprint density at radius 3 is 2.39 bits per heavy atom. The summed E-state index contributed by atoms with van der Waals surface area (Å²) in [6.07, 6.45) is 0.389. The van der Waals surface area contributed by atoms with Gasteiger partial charge < -0.3 is 42.1 Å². The van der Waals surface area contributed by atoms with Gasteiger partial charge >= 0.3 is 6.09 Å². The second-order valence-electron chi connectivity index (χ2n) is 6.51. The second kappa shape index (κ2) is 13.5. The van der Waals surface area contributed by atoms with E-state index in [4.69, 9.17) is 16.2 Å². The Bertz CT molecular complexity index is 768. The molecular weight excluding hydrogens is 408 g/mol. The van der Waals surface area contributed by atoms with Gasteiger partial charge in [0.1, 0.15) is 24.1 Å².